The molecule has 0 aliphatic heterocycles. The van der Waals surface area contributed by atoms with Crippen molar-refractivity contribution in [2.45, 2.75) is 6.61 Å². The molecule has 1 amide bonds. The number of carbonyl (C=O) groups is 1. The zero-order valence-corrected chi connectivity index (χ0v) is 12.2. The molecule has 124 valence electrons. The first-order valence-corrected chi connectivity index (χ1v) is 6.75. The van der Waals surface area contributed by atoms with Crippen molar-refractivity contribution in [3.05, 3.63) is 70.8 Å². The van der Waals surface area contributed by atoms with Crippen LogP contribution in [0, 0.1) is 35.1 Å². The summed E-state index contributed by atoms with van der Waals surface area (Å²) in [5.41, 5.74) is -0.259. The maximum absolute atomic E-state index is 13.3. The minimum Gasteiger partial charge on any atom is -0.445 e. The van der Waals surface area contributed by atoms with Crippen LogP contribution in [-0.2, 0) is 11.3 Å². The predicted octanol–water partition coefficient (Wildman–Crippen LogP) is 3.52. The van der Waals surface area contributed by atoms with Gasteiger partial charge in [0.05, 0.1) is 6.54 Å². The standard InChI is InChI=1S/C17H11F4NO2/c18-13-9-14(19)16(21)12(15(13)20)7-4-8-22-17(23)24-10-11-5-2-1-3-6-11/h1-3,5-6,9H,8,10H2,(H,22,23). The highest BCUT2D eigenvalue weighted by Crippen LogP contribution is 2.17. The molecule has 0 spiro atoms. The van der Waals surface area contributed by atoms with Gasteiger partial charge in [0, 0.05) is 6.07 Å². The minimum absolute atomic E-state index is 0.0401. The minimum atomic E-state index is -1.59. The molecule has 0 fully saturated rings. The largest absolute Gasteiger partial charge is 0.445 e. The first-order valence-electron chi connectivity index (χ1n) is 6.75. The summed E-state index contributed by atoms with van der Waals surface area (Å²) >= 11 is 0. The van der Waals surface area contributed by atoms with Gasteiger partial charge in [0.15, 0.2) is 23.3 Å². The molecule has 1 N–H and O–H groups in total. The topological polar surface area (TPSA) is 38.3 Å². The van der Waals surface area contributed by atoms with Gasteiger partial charge in [-0.3, -0.25) is 0 Å². The molecule has 0 heterocycles. The van der Waals surface area contributed by atoms with E-state index in [4.69, 9.17) is 4.74 Å². The van der Waals surface area contributed by atoms with E-state index in [0.29, 0.717) is 0 Å². The number of halogens is 4. The molecule has 7 heteroatoms. The Morgan fingerprint density at radius 2 is 1.67 bits per heavy atom. The zero-order chi connectivity index (χ0) is 17.5. The summed E-state index contributed by atoms with van der Waals surface area (Å²) in [6.07, 6.45) is -0.792. The number of nitrogens with one attached hydrogen (secondary N) is 1. The molecule has 24 heavy (non-hydrogen) atoms. The second kappa shape index (κ2) is 8.02. The van der Waals surface area contributed by atoms with Gasteiger partial charge >= 0.3 is 6.09 Å². The molecule has 0 aliphatic rings. The summed E-state index contributed by atoms with van der Waals surface area (Å²) < 4.78 is 57.5. The Kier molecular flexibility index (Phi) is 5.79. The fourth-order valence-corrected chi connectivity index (χ4v) is 1.71. The summed E-state index contributed by atoms with van der Waals surface area (Å²) in [5.74, 6) is -2.14. The first kappa shape index (κ1) is 17.3. The van der Waals surface area contributed by atoms with Gasteiger partial charge < -0.3 is 10.1 Å². The van der Waals surface area contributed by atoms with E-state index in [1.807, 2.05) is 12.0 Å². The molecule has 0 saturated carbocycles. The summed E-state index contributed by atoms with van der Waals surface area (Å²) in [7, 11) is 0. The van der Waals surface area contributed by atoms with Gasteiger partial charge in [-0.1, -0.05) is 42.2 Å². The van der Waals surface area contributed by atoms with Gasteiger partial charge in [-0.05, 0) is 5.56 Å². The van der Waals surface area contributed by atoms with Gasteiger partial charge in [0.2, 0.25) is 0 Å². The molecule has 3 nitrogen and oxygen atoms in total. The third-order valence-electron chi connectivity index (χ3n) is 2.86. The number of hydrogen-bond acceptors (Lipinski definition) is 2. The van der Waals surface area contributed by atoms with Crippen LogP contribution in [0.4, 0.5) is 22.4 Å². The summed E-state index contributed by atoms with van der Waals surface area (Å²) in [6, 6.07) is 8.99. The van der Waals surface area contributed by atoms with Crippen LogP contribution >= 0.6 is 0 Å². The van der Waals surface area contributed by atoms with Crippen molar-refractivity contribution in [2.24, 2.45) is 0 Å². The predicted molar refractivity (Wildman–Crippen MR) is 77.8 cm³/mol. The van der Waals surface area contributed by atoms with Crippen molar-refractivity contribution < 1.29 is 27.1 Å². The maximum atomic E-state index is 13.3. The fraction of sp³-hybridized carbons (Fsp3) is 0.118. The van der Waals surface area contributed by atoms with Crippen LogP contribution < -0.4 is 5.32 Å². The van der Waals surface area contributed by atoms with Crippen molar-refractivity contribution in [1.82, 2.24) is 5.32 Å². The van der Waals surface area contributed by atoms with E-state index >= 15 is 0 Å². The Labute approximate surface area is 135 Å². The van der Waals surface area contributed by atoms with Crippen LogP contribution in [0.25, 0.3) is 0 Å². The zero-order valence-electron chi connectivity index (χ0n) is 12.2. The highest BCUT2D eigenvalue weighted by molar-refractivity contribution is 5.67. The molecule has 0 atom stereocenters. The Hall–Kier alpha value is -3.01. The molecule has 2 aromatic carbocycles. The van der Waals surface area contributed by atoms with Crippen molar-refractivity contribution in [3.63, 3.8) is 0 Å². The number of amides is 1. The second-order valence-electron chi connectivity index (χ2n) is 4.56. The highest BCUT2D eigenvalue weighted by Gasteiger charge is 2.17. The molecular weight excluding hydrogens is 326 g/mol. The third kappa shape index (κ3) is 4.49. The van der Waals surface area contributed by atoms with Gasteiger partial charge in [0.1, 0.15) is 12.2 Å². The molecule has 0 bridgehead atoms. The lowest BCUT2D eigenvalue weighted by atomic mass is 10.2. The van der Waals surface area contributed by atoms with E-state index in [-0.39, 0.29) is 19.2 Å². The number of ether oxygens (including phenoxy) is 1. The summed E-state index contributed by atoms with van der Waals surface area (Å²) in [5, 5.41) is 2.22. The highest BCUT2D eigenvalue weighted by atomic mass is 19.2. The first-order chi connectivity index (χ1) is 11.5. The number of carbonyl (C=O) groups excluding carboxylic acids is 1. The quantitative estimate of drug-likeness (QED) is 0.529. The number of rotatable bonds is 3. The number of hydrogen-bond donors (Lipinski definition) is 1. The average Bonchev–Trinajstić information content (AvgIpc) is 2.58. The maximum Gasteiger partial charge on any atom is 0.408 e. The van der Waals surface area contributed by atoms with Crippen molar-refractivity contribution in [1.29, 1.82) is 0 Å². The Bertz CT molecular complexity index is 771. The second-order valence-corrected chi connectivity index (χ2v) is 4.56. The molecule has 2 aromatic rings. The molecule has 0 aromatic heterocycles. The number of benzene rings is 2. The van der Waals surface area contributed by atoms with E-state index in [1.54, 1.807) is 24.3 Å². The van der Waals surface area contributed by atoms with Crippen LogP contribution in [0.2, 0.25) is 0 Å². The van der Waals surface area contributed by atoms with Gasteiger partial charge in [-0.2, -0.15) is 0 Å². The van der Waals surface area contributed by atoms with E-state index in [0.717, 1.165) is 5.56 Å². The average molecular weight is 337 g/mol. The number of alkyl carbamates (subject to hydrolysis) is 1. The Balaban J connectivity index is 1.89. The van der Waals surface area contributed by atoms with Crippen LogP contribution in [0.1, 0.15) is 11.1 Å². The molecule has 0 radical (unpaired) electrons. The lowest BCUT2D eigenvalue weighted by Crippen LogP contribution is -2.24. The fourth-order valence-electron chi connectivity index (χ4n) is 1.71. The molecule has 2 rings (SSSR count). The molecule has 0 saturated heterocycles. The monoisotopic (exact) mass is 337 g/mol. The molecular formula is C17H11F4NO2. The van der Waals surface area contributed by atoms with Crippen molar-refractivity contribution >= 4 is 6.09 Å². The smallest absolute Gasteiger partial charge is 0.408 e. The van der Waals surface area contributed by atoms with Gasteiger partial charge in [0.25, 0.3) is 0 Å². The van der Waals surface area contributed by atoms with Gasteiger partial charge in [-0.15, -0.1) is 0 Å². The Morgan fingerprint density at radius 3 is 2.29 bits per heavy atom. The van der Waals surface area contributed by atoms with E-state index in [2.05, 4.69) is 11.2 Å². The summed E-state index contributed by atoms with van der Waals surface area (Å²) in [4.78, 5) is 11.4. The molecule has 0 aliphatic carbocycles. The lowest BCUT2D eigenvalue weighted by Gasteiger charge is -2.04. The molecule has 0 unspecified atom stereocenters. The van der Waals surface area contributed by atoms with Crippen molar-refractivity contribution in [3.8, 4) is 11.8 Å². The van der Waals surface area contributed by atoms with Gasteiger partial charge in [-0.25, -0.2) is 22.4 Å². The van der Waals surface area contributed by atoms with E-state index in [9.17, 15) is 22.4 Å². The van der Waals surface area contributed by atoms with Crippen LogP contribution in [0.3, 0.4) is 0 Å². The van der Waals surface area contributed by atoms with E-state index < -0.39 is 34.9 Å². The van der Waals surface area contributed by atoms with Crippen molar-refractivity contribution in [2.75, 3.05) is 6.54 Å². The Morgan fingerprint density at radius 1 is 1.04 bits per heavy atom. The summed E-state index contributed by atoms with van der Waals surface area (Å²) in [6.45, 7) is -0.275. The van der Waals surface area contributed by atoms with Crippen LogP contribution in [0.5, 0.6) is 0 Å². The normalized spacial score (nSPS) is 9.83. The SMILES string of the molecule is O=C(NCC#Cc1c(F)c(F)cc(F)c1F)OCc1ccccc1. The third-order valence-corrected chi connectivity index (χ3v) is 2.86. The lowest BCUT2D eigenvalue weighted by molar-refractivity contribution is 0.141. The van der Waals surface area contributed by atoms with Crippen LogP contribution in [-0.4, -0.2) is 12.6 Å². The van der Waals surface area contributed by atoms with E-state index in [1.165, 1.54) is 0 Å². The van der Waals surface area contributed by atoms with Crippen LogP contribution in [0.15, 0.2) is 36.4 Å².